The van der Waals surface area contributed by atoms with Gasteiger partial charge < -0.3 is 10.4 Å². The first-order valence-electron chi connectivity index (χ1n) is 4.06. The summed E-state index contributed by atoms with van der Waals surface area (Å²) in [5.41, 5.74) is 0. The van der Waals surface area contributed by atoms with Crippen molar-refractivity contribution in [1.82, 2.24) is 4.98 Å². The Morgan fingerprint density at radius 3 is 2.93 bits per heavy atom. The van der Waals surface area contributed by atoms with Crippen LogP contribution in [0.2, 0.25) is 0 Å². The number of terminal acetylenes is 1. The Balaban J connectivity index is 2.54. The van der Waals surface area contributed by atoms with Crippen LogP contribution in [0.5, 0.6) is 0 Å². The number of rotatable bonds is 4. The van der Waals surface area contributed by atoms with Gasteiger partial charge in [-0.3, -0.25) is 4.79 Å². The van der Waals surface area contributed by atoms with Crippen LogP contribution < -0.4 is 5.32 Å². The van der Waals surface area contributed by atoms with Crippen molar-refractivity contribution in [1.29, 1.82) is 0 Å². The number of carbonyl (C=O) groups is 2. The van der Waals surface area contributed by atoms with Crippen LogP contribution in [-0.2, 0) is 4.79 Å². The number of carboxylic acid groups (broad SMARTS) is 1. The lowest BCUT2D eigenvalue weighted by atomic mass is 10.3. The molecule has 1 aromatic rings. The van der Waals surface area contributed by atoms with Gasteiger partial charge in [0, 0.05) is 12.8 Å². The predicted molar refractivity (Wildman–Crippen MR) is 55.8 cm³/mol. The maximum Gasteiger partial charge on any atom is 0.347 e. The lowest BCUT2D eigenvalue weighted by molar-refractivity contribution is -0.116. The van der Waals surface area contributed by atoms with E-state index in [1.165, 1.54) is 6.20 Å². The van der Waals surface area contributed by atoms with Gasteiger partial charge in [0.15, 0.2) is 5.13 Å². The van der Waals surface area contributed by atoms with Crippen molar-refractivity contribution in [2.75, 3.05) is 5.32 Å². The minimum atomic E-state index is -1.06. The molecule has 0 fully saturated rings. The van der Waals surface area contributed by atoms with Crippen molar-refractivity contribution in [2.24, 2.45) is 0 Å². The zero-order valence-corrected chi connectivity index (χ0v) is 8.50. The van der Waals surface area contributed by atoms with Crippen molar-refractivity contribution in [2.45, 2.75) is 12.8 Å². The molecule has 0 aromatic carbocycles. The molecule has 0 aliphatic carbocycles. The number of aromatic carboxylic acids is 1. The van der Waals surface area contributed by atoms with E-state index < -0.39 is 5.97 Å². The molecule has 1 amide bonds. The monoisotopic (exact) mass is 224 g/mol. The van der Waals surface area contributed by atoms with E-state index in [1.54, 1.807) is 0 Å². The second-order valence-electron chi connectivity index (χ2n) is 2.59. The molecule has 5 nitrogen and oxygen atoms in total. The number of carbonyl (C=O) groups excluding carboxylic acids is 1. The molecule has 0 spiro atoms. The van der Waals surface area contributed by atoms with Gasteiger partial charge in [-0.2, -0.15) is 0 Å². The van der Waals surface area contributed by atoms with Crippen molar-refractivity contribution < 1.29 is 14.7 Å². The number of amides is 1. The van der Waals surface area contributed by atoms with Gasteiger partial charge in [0.2, 0.25) is 5.91 Å². The van der Waals surface area contributed by atoms with Gasteiger partial charge in [-0.15, -0.1) is 12.3 Å². The predicted octanol–water partition coefficient (Wildman–Crippen LogP) is 1.19. The molecule has 1 rings (SSSR count). The zero-order valence-electron chi connectivity index (χ0n) is 7.69. The molecule has 0 aliphatic heterocycles. The largest absolute Gasteiger partial charge is 0.477 e. The molecular formula is C9H8N2O3S. The summed E-state index contributed by atoms with van der Waals surface area (Å²) in [4.78, 5) is 25.5. The third-order valence-corrected chi connectivity index (χ3v) is 2.36. The number of carboxylic acids is 1. The first kappa shape index (κ1) is 11.2. The second-order valence-corrected chi connectivity index (χ2v) is 3.62. The topological polar surface area (TPSA) is 79.3 Å². The molecule has 0 atom stereocenters. The normalized spacial score (nSPS) is 9.27. The molecule has 0 aliphatic rings. The lowest BCUT2D eigenvalue weighted by Crippen LogP contribution is -2.10. The van der Waals surface area contributed by atoms with E-state index in [0.29, 0.717) is 6.42 Å². The maximum absolute atomic E-state index is 11.2. The van der Waals surface area contributed by atoms with Crippen LogP contribution in [0.25, 0.3) is 0 Å². The Morgan fingerprint density at radius 2 is 2.40 bits per heavy atom. The highest BCUT2D eigenvalue weighted by molar-refractivity contribution is 7.17. The van der Waals surface area contributed by atoms with Gasteiger partial charge in [-0.1, -0.05) is 11.3 Å². The Hall–Kier alpha value is -1.87. The third-order valence-electron chi connectivity index (χ3n) is 1.46. The number of anilines is 1. The van der Waals surface area contributed by atoms with Crippen LogP contribution in [0.3, 0.4) is 0 Å². The molecule has 6 heteroatoms. The van der Waals surface area contributed by atoms with Crippen molar-refractivity contribution in [3.8, 4) is 12.3 Å². The fourth-order valence-electron chi connectivity index (χ4n) is 0.798. The van der Waals surface area contributed by atoms with Crippen molar-refractivity contribution in [3.63, 3.8) is 0 Å². The highest BCUT2D eigenvalue weighted by Crippen LogP contribution is 2.17. The molecule has 0 bridgehead atoms. The van der Waals surface area contributed by atoms with Gasteiger partial charge >= 0.3 is 5.97 Å². The number of aromatic nitrogens is 1. The van der Waals surface area contributed by atoms with Gasteiger partial charge in [0.25, 0.3) is 0 Å². The Kier molecular flexibility index (Phi) is 3.83. The Bertz CT molecular complexity index is 419. The SMILES string of the molecule is C#CCCC(=O)Nc1ncc(C(=O)O)s1. The van der Waals surface area contributed by atoms with E-state index >= 15 is 0 Å². The van der Waals surface area contributed by atoms with E-state index in [9.17, 15) is 9.59 Å². The van der Waals surface area contributed by atoms with Gasteiger partial charge in [0.1, 0.15) is 4.88 Å². The molecule has 1 heterocycles. The fourth-order valence-corrected chi connectivity index (χ4v) is 1.47. The maximum atomic E-state index is 11.2. The number of nitrogens with one attached hydrogen (secondary N) is 1. The summed E-state index contributed by atoms with van der Waals surface area (Å²) in [5, 5.41) is 11.3. The first-order chi connectivity index (χ1) is 7.13. The number of nitrogens with zero attached hydrogens (tertiary/aromatic N) is 1. The fraction of sp³-hybridized carbons (Fsp3) is 0.222. The summed E-state index contributed by atoms with van der Waals surface area (Å²) in [7, 11) is 0. The average Bonchev–Trinajstić information content (AvgIpc) is 2.63. The molecule has 78 valence electrons. The highest BCUT2D eigenvalue weighted by atomic mass is 32.1. The summed E-state index contributed by atoms with van der Waals surface area (Å²) < 4.78 is 0. The molecule has 15 heavy (non-hydrogen) atoms. The van der Waals surface area contributed by atoms with Gasteiger partial charge in [-0.25, -0.2) is 9.78 Å². The third kappa shape index (κ3) is 3.40. The van der Waals surface area contributed by atoms with Gasteiger partial charge in [0.05, 0.1) is 6.20 Å². The average molecular weight is 224 g/mol. The van der Waals surface area contributed by atoms with Crippen molar-refractivity contribution in [3.05, 3.63) is 11.1 Å². The second kappa shape index (κ2) is 5.12. The zero-order chi connectivity index (χ0) is 11.3. The molecule has 0 saturated heterocycles. The van der Waals surface area contributed by atoms with E-state index in [4.69, 9.17) is 11.5 Å². The quantitative estimate of drug-likeness (QED) is 0.753. The molecule has 2 N–H and O–H groups in total. The van der Waals surface area contributed by atoms with E-state index in [2.05, 4.69) is 16.2 Å². The highest BCUT2D eigenvalue weighted by Gasteiger charge is 2.10. The Labute approximate surface area is 90.1 Å². The number of thiazole rings is 1. The molecule has 0 saturated carbocycles. The Morgan fingerprint density at radius 1 is 1.67 bits per heavy atom. The van der Waals surface area contributed by atoms with E-state index in [-0.39, 0.29) is 22.3 Å². The minimum absolute atomic E-state index is 0.0854. The summed E-state index contributed by atoms with van der Waals surface area (Å²) in [6, 6.07) is 0. The minimum Gasteiger partial charge on any atom is -0.477 e. The lowest BCUT2D eigenvalue weighted by Gasteiger charge is -1.97. The van der Waals surface area contributed by atoms with E-state index in [0.717, 1.165) is 11.3 Å². The first-order valence-corrected chi connectivity index (χ1v) is 4.87. The summed E-state index contributed by atoms with van der Waals surface area (Å²) in [5.74, 6) is 1.01. The molecular weight excluding hydrogens is 216 g/mol. The van der Waals surface area contributed by atoms with Gasteiger partial charge in [-0.05, 0) is 0 Å². The smallest absolute Gasteiger partial charge is 0.347 e. The summed E-state index contributed by atoms with van der Waals surface area (Å²) in [6.45, 7) is 0. The van der Waals surface area contributed by atoms with Crippen LogP contribution in [0.4, 0.5) is 5.13 Å². The summed E-state index contributed by atoms with van der Waals surface area (Å²) in [6.07, 6.45) is 6.75. The van der Waals surface area contributed by atoms with Crippen molar-refractivity contribution >= 4 is 28.3 Å². The van der Waals surface area contributed by atoms with Crippen LogP contribution in [0.15, 0.2) is 6.20 Å². The summed E-state index contributed by atoms with van der Waals surface area (Å²) >= 11 is 0.909. The van der Waals surface area contributed by atoms with Crippen LogP contribution >= 0.6 is 11.3 Å². The van der Waals surface area contributed by atoms with Crippen LogP contribution in [0, 0.1) is 12.3 Å². The number of hydrogen-bond acceptors (Lipinski definition) is 4. The molecule has 0 unspecified atom stereocenters. The van der Waals surface area contributed by atoms with E-state index in [1.807, 2.05) is 0 Å². The molecule has 1 aromatic heterocycles. The standard InChI is InChI=1S/C9H8N2O3S/c1-2-3-4-7(12)11-9-10-5-6(15-9)8(13)14/h1,5H,3-4H2,(H,13,14)(H,10,11,12). The van der Waals surface area contributed by atoms with Crippen LogP contribution in [0.1, 0.15) is 22.5 Å². The number of hydrogen-bond donors (Lipinski definition) is 2. The molecule has 0 radical (unpaired) electrons. The van der Waals surface area contributed by atoms with Crippen LogP contribution in [-0.4, -0.2) is 22.0 Å².